The van der Waals surface area contributed by atoms with E-state index in [-0.39, 0.29) is 12.1 Å². The van der Waals surface area contributed by atoms with Crippen molar-refractivity contribution in [2.75, 3.05) is 32.9 Å². The molecule has 2 heterocycles. The zero-order valence-corrected chi connectivity index (χ0v) is 12.6. The summed E-state index contributed by atoms with van der Waals surface area (Å²) in [5.41, 5.74) is 0. The van der Waals surface area contributed by atoms with E-state index in [2.05, 4.69) is 11.2 Å². The highest BCUT2D eigenvalue weighted by Gasteiger charge is 2.37. The first-order valence-corrected chi connectivity index (χ1v) is 8.09. The van der Waals surface area contributed by atoms with Crippen molar-refractivity contribution >= 4 is 6.03 Å². The Kier molecular flexibility index (Phi) is 4.67. The normalized spacial score (nSPS) is 32.9. The van der Waals surface area contributed by atoms with E-state index in [4.69, 9.17) is 11.2 Å². The lowest BCUT2D eigenvalue weighted by Crippen LogP contribution is -2.53. The van der Waals surface area contributed by atoms with E-state index in [0.717, 1.165) is 38.9 Å². The van der Waals surface area contributed by atoms with Crippen molar-refractivity contribution in [2.24, 2.45) is 5.92 Å². The smallest absolute Gasteiger partial charge is 0.321 e. The molecule has 0 aromatic rings. The summed E-state index contributed by atoms with van der Waals surface area (Å²) in [5.74, 6) is 3.10. The molecule has 3 atom stereocenters. The van der Waals surface area contributed by atoms with E-state index in [1.807, 2.05) is 9.80 Å². The van der Waals surface area contributed by atoms with Gasteiger partial charge in [-0.15, -0.1) is 6.42 Å². The minimum Gasteiger partial charge on any atom is -0.366 e. The van der Waals surface area contributed by atoms with Crippen molar-refractivity contribution in [1.82, 2.24) is 15.1 Å². The van der Waals surface area contributed by atoms with Gasteiger partial charge in [0.05, 0.1) is 12.8 Å². The van der Waals surface area contributed by atoms with Gasteiger partial charge in [0, 0.05) is 25.7 Å². The van der Waals surface area contributed by atoms with Crippen LogP contribution in [0.2, 0.25) is 0 Å². The quantitative estimate of drug-likeness (QED) is 0.793. The van der Waals surface area contributed by atoms with Gasteiger partial charge in [-0.25, -0.2) is 4.79 Å². The molecule has 2 saturated heterocycles. The number of rotatable bonds is 4. The number of hydrogen-bond donors (Lipinski definition) is 1. The molecule has 1 aliphatic carbocycles. The molecular formula is C16H25N3O2. The molecule has 0 aromatic carbocycles. The summed E-state index contributed by atoms with van der Waals surface area (Å²) in [7, 11) is 0. The molecule has 2 amide bonds. The van der Waals surface area contributed by atoms with Gasteiger partial charge in [0.15, 0.2) is 0 Å². The van der Waals surface area contributed by atoms with Gasteiger partial charge >= 0.3 is 6.03 Å². The SMILES string of the molecule is C#CCOC1CCCC(CN2CCC3CNCN3C2=O)C1. The lowest BCUT2D eigenvalue weighted by molar-refractivity contribution is 0.0232. The van der Waals surface area contributed by atoms with E-state index >= 15 is 0 Å². The Morgan fingerprint density at radius 3 is 3.14 bits per heavy atom. The molecule has 116 valence electrons. The average molecular weight is 291 g/mol. The lowest BCUT2D eigenvalue weighted by atomic mass is 9.86. The number of terminal acetylenes is 1. The maximum Gasteiger partial charge on any atom is 0.321 e. The Balaban J connectivity index is 1.51. The second kappa shape index (κ2) is 6.67. The highest BCUT2D eigenvalue weighted by molar-refractivity contribution is 5.76. The van der Waals surface area contributed by atoms with Gasteiger partial charge in [-0.2, -0.15) is 0 Å². The van der Waals surface area contributed by atoms with Crippen LogP contribution in [0.3, 0.4) is 0 Å². The molecule has 0 spiro atoms. The Labute approximate surface area is 127 Å². The van der Waals surface area contributed by atoms with Crippen LogP contribution in [-0.2, 0) is 4.74 Å². The number of nitrogens with one attached hydrogen (secondary N) is 1. The molecule has 3 fully saturated rings. The molecule has 5 nitrogen and oxygen atoms in total. The summed E-state index contributed by atoms with van der Waals surface area (Å²) >= 11 is 0. The van der Waals surface area contributed by atoms with Gasteiger partial charge < -0.3 is 14.5 Å². The Bertz CT molecular complexity index is 420. The number of urea groups is 1. The van der Waals surface area contributed by atoms with Crippen LogP contribution in [0.15, 0.2) is 0 Å². The fraction of sp³-hybridized carbons (Fsp3) is 0.812. The molecule has 0 bridgehead atoms. The van der Waals surface area contributed by atoms with Crippen molar-refractivity contribution in [3.63, 3.8) is 0 Å². The molecular weight excluding hydrogens is 266 g/mol. The Morgan fingerprint density at radius 2 is 2.29 bits per heavy atom. The van der Waals surface area contributed by atoms with Gasteiger partial charge in [0.2, 0.25) is 0 Å². The summed E-state index contributed by atoms with van der Waals surface area (Å²) in [5, 5.41) is 3.29. The third-order valence-corrected chi connectivity index (χ3v) is 4.97. The number of amides is 2. The van der Waals surface area contributed by atoms with Crippen LogP contribution in [0, 0.1) is 18.3 Å². The third kappa shape index (κ3) is 3.33. The van der Waals surface area contributed by atoms with Crippen LogP contribution >= 0.6 is 0 Å². The Morgan fingerprint density at radius 1 is 1.38 bits per heavy atom. The van der Waals surface area contributed by atoms with Crippen LogP contribution in [0.4, 0.5) is 4.79 Å². The molecule has 3 unspecified atom stereocenters. The Hall–Kier alpha value is -1.25. The van der Waals surface area contributed by atoms with E-state index in [9.17, 15) is 4.79 Å². The first-order chi connectivity index (χ1) is 10.3. The summed E-state index contributed by atoms with van der Waals surface area (Å²) in [6.45, 7) is 3.83. The van der Waals surface area contributed by atoms with Crippen LogP contribution in [-0.4, -0.2) is 60.9 Å². The average Bonchev–Trinajstić information content (AvgIpc) is 2.98. The van der Waals surface area contributed by atoms with Crippen molar-refractivity contribution in [1.29, 1.82) is 0 Å². The monoisotopic (exact) mass is 291 g/mol. The molecule has 3 rings (SSSR count). The van der Waals surface area contributed by atoms with E-state index in [1.54, 1.807) is 0 Å². The maximum absolute atomic E-state index is 12.5. The van der Waals surface area contributed by atoms with E-state index in [0.29, 0.717) is 25.2 Å². The fourth-order valence-corrected chi connectivity index (χ4v) is 3.86. The summed E-state index contributed by atoms with van der Waals surface area (Å²) in [4.78, 5) is 16.5. The van der Waals surface area contributed by atoms with Crippen LogP contribution < -0.4 is 5.32 Å². The first kappa shape index (κ1) is 14.7. The number of hydrogen-bond acceptors (Lipinski definition) is 3. The molecule has 2 aliphatic heterocycles. The van der Waals surface area contributed by atoms with E-state index < -0.39 is 0 Å². The molecule has 21 heavy (non-hydrogen) atoms. The maximum atomic E-state index is 12.5. The third-order valence-electron chi connectivity index (χ3n) is 4.97. The van der Waals surface area contributed by atoms with Crippen molar-refractivity contribution in [2.45, 2.75) is 44.2 Å². The molecule has 1 N–H and O–H groups in total. The second-order valence-corrected chi connectivity index (χ2v) is 6.42. The predicted molar refractivity (Wildman–Crippen MR) is 80.6 cm³/mol. The standard InChI is InChI=1S/C16H25N3O2/c1-2-8-21-15-5-3-4-13(9-15)11-18-7-6-14-10-17-12-19(14)16(18)20/h1,13-15,17H,3-12H2. The zero-order valence-electron chi connectivity index (χ0n) is 12.6. The van der Waals surface area contributed by atoms with Crippen LogP contribution in [0.5, 0.6) is 0 Å². The topological polar surface area (TPSA) is 44.8 Å². The van der Waals surface area contributed by atoms with Gasteiger partial charge in [0.25, 0.3) is 0 Å². The van der Waals surface area contributed by atoms with Gasteiger partial charge in [-0.1, -0.05) is 12.3 Å². The highest BCUT2D eigenvalue weighted by atomic mass is 16.5. The first-order valence-electron chi connectivity index (χ1n) is 8.09. The molecule has 0 radical (unpaired) electrons. The van der Waals surface area contributed by atoms with Crippen molar-refractivity contribution < 1.29 is 9.53 Å². The number of nitrogens with zero attached hydrogens (tertiary/aromatic N) is 2. The predicted octanol–water partition coefficient (Wildman–Crippen LogP) is 1.25. The fourth-order valence-electron chi connectivity index (χ4n) is 3.86. The van der Waals surface area contributed by atoms with Crippen molar-refractivity contribution in [3.05, 3.63) is 0 Å². The van der Waals surface area contributed by atoms with Gasteiger partial charge in [0.1, 0.15) is 6.61 Å². The highest BCUT2D eigenvalue weighted by Crippen LogP contribution is 2.28. The van der Waals surface area contributed by atoms with Gasteiger partial charge in [-0.05, 0) is 31.6 Å². The summed E-state index contributed by atoms with van der Waals surface area (Å²) in [6.07, 6.45) is 11.1. The molecule has 0 aromatic heterocycles. The minimum absolute atomic E-state index is 0.211. The molecule has 1 saturated carbocycles. The number of carbonyl (C=O) groups is 1. The summed E-state index contributed by atoms with van der Waals surface area (Å²) in [6, 6.07) is 0.620. The zero-order chi connectivity index (χ0) is 14.7. The molecule has 5 heteroatoms. The van der Waals surface area contributed by atoms with Crippen LogP contribution in [0.25, 0.3) is 0 Å². The van der Waals surface area contributed by atoms with Crippen LogP contribution in [0.1, 0.15) is 32.1 Å². The van der Waals surface area contributed by atoms with Gasteiger partial charge in [-0.3, -0.25) is 5.32 Å². The summed E-state index contributed by atoms with van der Waals surface area (Å²) < 4.78 is 5.69. The number of ether oxygens (including phenoxy) is 1. The lowest BCUT2D eigenvalue weighted by Gasteiger charge is -2.40. The minimum atomic E-state index is 0.211. The van der Waals surface area contributed by atoms with E-state index in [1.165, 1.54) is 12.8 Å². The van der Waals surface area contributed by atoms with Crippen molar-refractivity contribution in [3.8, 4) is 12.3 Å². The number of carbonyl (C=O) groups excluding carboxylic acids is 1. The number of fused-ring (bicyclic) bond motifs is 1. The second-order valence-electron chi connectivity index (χ2n) is 6.42. The molecule has 3 aliphatic rings. The largest absolute Gasteiger partial charge is 0.366 e.